The molecule has 0 amide bonds. The first-order chi connectivity index (χ1) is 7.00. The fourth-order valence-electron chi connectivity index (χ4n) is 2.13. The van der Waals surface area contributed by atoms with Gasteiger partial charge in [0.05, 0.1) is 6.10 Å². The minimum Gasteiger partial charge on any atom is -0.508 e. The summed E-state index contributed by atoms with van der Waals surface area (Å²) in [5, 5.41) is 19.1. The van der Waals surface area contributed by atoms with Gasteiger partial charge in [-0.2, -0.15) is 0 Å². The van der Waals surface area contributed by atoms with Gasteiger partial charge in [0.15, 0.2) is 0 Å². The molecule has 2 rings (SSSR count). The average molecular weight is 208 g/mol. The number of hydrogen-bond acceptors (Lipinski definition) is 3. The van der Waals surface area contributed by atoms with E-state index >= 15 is 0 Å². The lowest BCUT2D eigenvalue weighted by Crippen LogP contribution is -2.30. The van der Waals surface area contributed by atoms with Crippen LogP contribution in [0.3, 0.4) is 0 Å². The quantitative estimate of drug-likeness (QED) is 0.689. The van der Waals surface area contributed by atoms with Crippen molar-refractivity contribution >= 4 is 0 Å². The van der Waals surface area contributed by atoms with Gasteiger partial charge in [-0.15, -0.1) is 0 Å². The van der Waals surface area contributed by atoms with Crippen LogP contribution in [0.4, 0.5) is 0 Å². The molecule has 0 saturated heterocycles. The van der Waals surface area contributed by atoms with Crippen LogP contribution in [0.2, 0.25) is 0 Å². The molecule has 1 aliphatic heterocycles. The minimum atomic E-state index is 0.0419. The number of fused-ring (bicyclic) bond motifs is 1. The third-order valence-electron chi connectivity index (χ3n) is 3.40. The van der Waals surface area contributed by atoms with Gasteiger partial charge in [0.25, 0.3) is 0 Å². The Morgan fingerprint density at radius 1 is 1.13 bits per heavy atom. The van der Waals surface area contributed by atoms with E-state index in [1.807, 2.05) is 6.92 Å². The van der Waals surface area contributed by atoms with Crippen molar-refractivity contribution in [3.8, 4) is 17.2 Å². The fraction of sp³-hybridized carbons (Fsp3) is 0.500. The highest BCUT2D eigenvalue weighted by Gasteiger charge is 2.32. The van der Waals surface area contributed by atoms with E-state index in [2.05, 4.69) is 13.8 Å². The summed E-state index contributed by atoms with van der Waals surface area (Å²) >= 11 is 0. The first-order valence-electron chi connectivity index (χ1n) is 5.23. The lowest BCUT2D eigenvalue weighted by Gasteiger charge is -2.34. The Labute approximate surface area is 89.3 Å². The van der Waals surface area contributed by atoms with E-state index < -0.39 is 0 Å². The number of benzene rings is 1. The molecule has 1 aromatic carbocycles. The zero-order valence-corrected chi connectivity index (χ0v) is 9.19. The van der Waals surface area contributed by atoms with E-state index in [0.29, 0.717) is 11.7 Å². The molecule has 0 fully saturated rings. The van der Waals surface area contributed by atoms with Crippen LogP contribution >= 0.6 is 0 Å². The predicted octanol–water partition coefficient (Wildman–Crippen LogP) is 2.62. The van der Waals surface area contributed by atoms with E-state index in [-0.39, 0.29) is 23.5 Å². The summed E-state index contributed by atoms with van der Waals surface area (Å²) in [6, 6.07) is 2.93. The highest BCUT2D eigenvalue weighted by atomic mass is 16.5. The van der Waals surface area contributed by atoms with Gasteiger partial charge in [-0.25, -0.2) is 0 Å². The van der Waals surface area contributed by atoms with Gasteiger partial charge in [-0.05, 0) is 18.8 Å². The lowest BCUT2D eigenvalue weighted by molar-refractivity contribution is 0.120. The molecule has 1 unspecified atom stereocenters. The monoisotopic (exact) mass is 208 g/mol. The van der Waals surface area contributed by atoms with E-state index in [9.17, 15) is 10.2 Å². The van der Waals surface area contributed by atoms with Crippen LogP contribution in [0, 0.1) is 5.92 Å². The molecule has 3 heteroatoms. The number of rotatable bonds is 0. The highest BCUT2D eigenvalue weighted by molar-refractivity contribution is 5.52. The highest BCUT2D eigenvalue weighted by Crippen LogP contribution is 2.45. The Bertz CT molecular complexity index is 387. The van der Waals surface area contributed by atoms with Gasteiger partial charge in [0.1, 0.15) is 17.2 Å². The van der Waals surface area contributed by atoms with Crippen molar-refractivity contribution in [1.29, 1.82) is 0 Å². The third kappa shape index (κ3) is 1.52. The summed E-state index contributed by atoms with van der Waals surface area (Å²) in [6.45, 7) is 6.18. The van der Waals surface area contributed by atoms with Gasteiger partial charge >= 0.3 is 0 Å². The molecule has 82 valence electrons. The summed E-state index contributed by atoms with van der Waals surface area (Å²) in [4.78, 5) is 0. The zero-order chi connectivity index (χ0) is 11.2. The molecule has 1 aliphatic rings. The maximum atomic E-state index is 9.77. The Kier molecular flexibility index (Phi) is 2.25. The minimum absolute atomic E-state index is 0.0419. The van der Waals surface area contributed by atoms with Crippen molar-refractivity contribution in [2.75, 3.05) is 0 Å². The second-order valence-electron chi connectivity index (χ2n) is 4.35. The molecule has 0 aliphatic carbocycles. The molecule has 0 radical (unpaired) electrons. The van der Waals surface area contributed by atoms with Crippen LogP contribution < -0.4 is 4.74 Å². The van der Waals surface area contributed by atoms with E-state index in [4.69, 9.17) is 4.74 Å². The van der Waals surface area contributed by atoms with Crippen LogP contribution in [0.5, 0.6) is 17.2 Å². The van der Waals surface area contributed by atoms with Crippen molar-refractivity contribution in [3.05, 3.63) is 17.7 Å². The maximum Gasteiger partial charge on any atom is 0.130 e. The fourth-order valence-corrected chi connectivity index (χ4v) is 2.13. The van der Waals surface area contributed by atoms with Crippen molar-refractivity contribution in [3.63, 3.8) is 0 Å². The first kappa shape index (κ1) is 10.1. The molecule has 0 aromatic heterocycles. The lowest BCUT2D eigenvalue weighted by atomic mass is 9.82. The summed E-state index contributed by atoms with van der Waals surface area (Å²) in [5.41, 5.74) is 0.804. The van der Waals surface area contributed by atoms with Crippen LogP contribution in [0.15, 0.2) is 12.1 Å². The standard InChI is InChI=1S/C12H16O3/c1-6-7(2)12-10(14)4-9(13)5-11(12)15-8(6)3/h4-8,13-14H,1-3H3/t6-,7-,8?/m0/s1. The van der Waals surface area contributed by atoms with Crippen LogP contribution in [0.1, 0.15) is 32.3 Å². The van der Waals surface area contributed by atoms with Crippen molar-refractivity contribution in [1.82, 2.24) is 0 Å². The molecule has 3 atom stereocenters. The third-order valence-corrected chi connectivity index (χ3v) is 3.40. The Balaban J connectivity index is 2.55. The summed E-state index contributed by atoms with van der Waals surface area (Å²) in [5.74, 6) is 1.36. The molecular formula is C12H16O3. The molecule has 15 heavy (non-hydrogen) atoms. The predicted molar refractivity (Wildman–Crippen MR) is 57.4 cm³/mol. The SMILES string of the molecule is CC1Oc2cc(O)cc(O)c2[C@@H](C)[C@@H]1C. The molecule has 1 heterocycles. The van der Waals surface area contributed by atoms with Crippen LogP contribution in [-0.4, -0.2) is 16.3 Å². The normalized spacial score (nSPS) is 29.4. The zero-order valence-electron chi connectivity index (χ0n) is 9.19. The molecule has 0 bridgehead atoms. The smallest absolute Gasteiger partial charge is 0.130 e. The summed E-state index contributed by atoms with van der Waals surface area (Å²) < 4.78 is 5.66. The Hall–Kier alpha value is -1.38. The largest absolute Gasteiger partial charge is 0.508 e. The van der Waals surface area contributed by atoms with Crippen LogP contribution in [-0.2, 0) is 0 Å². The van der Waals surface area contributed by atoms with Gasteiger partial charge in [0.2, 0.25) is 0 Å². The second kappa shape index (κ2) is 3.33. The molecule has 0 spiro atoms. The van der Waals surface area contributed by atoms with Gasteiger partial charge in [0, 0.05) is 17.7 Å². The summed E-state index contributed by atoms with van der Waals surface area (Å²) in [7, 11) is 0. The Morgan fingerprint density at radius 3 is 2.47 bits per heavy atom. The van der Waals surface area contributed by atoms with E-state index in [1.54, 1.807) is 6.07 Å². The second-order valence-corrected chi connectivity index (χ2v) is 4.35. The first-order valence-corrected chi connectivity index (χ1v) is 5.23. The van der Waals surface area contributed by atoms with Crippen molar-refractivity contribution in [2.24, 2.45) is 5.92 Å². The number of hydrogen-bond donors (Lipinski definition) is 2. The van der Waals surface area contributed by atoms with E-state index in [1.165, 1.54) is 6.07 Å². The molecule has 0 saturated carbocycles. The average Bonchev–Trinajstić information content (AvgIpc) is 2.13. The van der Waals surface area contributed by atoms with Crippen molar-refractivity contribution < 1.29 is 14.9 Å². The number of phenolic OH excluding ortho intramolecular Hbond substituents is 2. The molecule has 3 nitrogen and oxygen atoms in total. The molecular weight excluding hydrogens is 192 g/mol. The maximum absolute atomic E-state index is 9.77. The van der Waals surface area contributed by atoms with E-state index in [0.717, 1.165) is 5.56 Å². The van der Waals surface area contributed by atoms with Gasteiger partial charge < -0.3 is 14.9 Å². The van der Waals surface area contributed by atoms with Gasteiger partial charge in [-0.1, -0.05) is 13.8 Å². The number of ether oxygens (including phenoxy) is 1. The van der Waals surface area contributed by atoms with Gasteiger partial charge in [-0.3, -0.25) is 0 Å². The van der Waals surface area contributed by atoms with Crippen LogP contribution in [0.25, 0.3) is 0 Å². The topological polar surface area (TPSA) is 49.7 Å². The molecule has 1 aromatic rings. The van der Waals surface area contributed by atoms with Crippen molar-refractivity contribution in [2.45, 2.75) is 32.8 Å². The number of phenols is 2. The number of aromatic hydroxyl groups is 2. The Morgan fingerprint density at radius 2 is 1.80 bits per heavy atom. The summed E-state index contributed by atoms with van der Waals surface area (Å²) in [6.07, 6.45) is 0.105. The molecule has 2 N–H and O–H groups in total.